The lowest BCUT2D eigenvalue weighted by atomic mass is 9.94. The summed E-state index contributed by atoms with van der Waals surface area (Å²) >= 11 is 0. The van der Waals surface area contributed by atoms with E-state index in [2.05, 4.69) is 9.97 Å². The van der Waals surface area contributed by atoms with Crippen molar-refractivity contribution in [2.45, 2.75) is 18.4 Å². The SMILES string of the molecule is CN(CC1(O)CCOCC1)C(=O)c1cnc(N)cn1. The van der Waals surface area contributed by atoms with Crippen LogP contribution in [0.1, 0.15) is 23.3 Å². The molecular weight excluding hydrogens is 248 g/mol. The normalized spacial score (nSPS) is 18.0. The molecule has 2 rings (SSSR count). The molecule has 0 aromatic carbocycles. The Morgan fingerprint density at radius 3 is 2.74 bits per heavy atom. The number of carbonyl (C=O) groups is 1. The van der Waals surface area contributed by atoms with Gasteiger partial charge in [0.05, 0.1) is 18.0 Å². The zero-order valence-corrected chi connectivity index (χ0v) is 10.9. The third-order valence-electron chi connectivity index (χ3n) is 3.19. The Labute approximate surface area is 111 Å². The molecule has 1 aliphatic rings. The molecule has 1 fully saturated rings. The van der Waals surface area contributed by atoms with Crippen molar-refractivity contribution in [3.63, 3.8) is 0 Å². The molecule has 3 N–H and O–H groups in total. The lowest BCUT2D eigenvalue weighted by molar-refractivity contribution is -0.0734. The fourth-order valence-electron chi connectivity index (χ4n) is 2.07. The van der Waals surface area contributed by atoms with Gasteiger partial charge in [-0.2, -0.15) is 0 Å². The monoisotopic (exact) mass is 266 g/mol. The Morgan fingerprint density at radius 1 is 1.47 bits per heavy atom. The summed E-state index contributed by atoms with van der Waals surface area (Å²) in [6.45, 7) is 1.28. The van der Waals surface area contributed by atoms with E-state index in [1.54, 1.807) is 7.05 Å². The first kappa shape index (κ1) is 13.7. The number of ether oxygens (including phenoxy) is 1. The van der Waals surface area contributed by atoms with Crippen LogP contribution in [0.4, 0.5) is 5.82 Å². The number of anilines is 1. The van der Waals surface area contributed by atoms with Gasteiger partial charge in [0, 0.05) is 39.6 Å². The summed E-state index contributed by atoms with van der Waals surface area (Å²) in [6.07, 6.45) is 3.72. The number of nitrogens with zero attached hydrogens (tertiary/aromatic N) is 3. The lowest BCUT2D eigenvalue weighted by Gasteiger charge is -2.35. The summed E-state index contributed by atoms with van der Waals surface area (Å²) in [7, 11) is 1.63. The predicted molar refractivity (Wildman–Crippen MR) is 68.4 cm³/mol. The van der Waals surface area contributed by atoms with E-state index >= 15 is 0 Å². The first-order valence-electron chi connectivity index (χ1n) is 6.13. The van der Waals surface area contributed by atoms with Crippen LogP contribution in [0.2, 0.25) is 0 Å². The van der Waals surface area contributed by atoms with Crippen molar-refractivity contribution in [1.29, 1.82) is 0 Å². The number of hydrogen-bond acceptors (Lipinski definition) is 6. The molecule has 0 spiro atoms. The fourth-order valence-corrected chi connectivity index (χ4v) is 2.07. The molecule has 2 heterocycles. The highest BCUT2D eigenvalue weighted by Gasteiger charge is 2.32. The Morgan fingerprint density at radius 2 is 2.16 bits per heavy atom. The summed E-state index contributed by atoms with van der Waals surface area (Å²) in [6, 6.07) is 0. The van der Waals surface area contributed by atoms with E-state index < -0.39 is 5.60 Å². The molecule has 104 valence electrons. The van der Waals surface area contributed by atoms with Gasteiger partial charge < -0.3 is 20.5 Å². The van der Waals surface area contributed by atoms with E-state index in [9.17, 15) is 9.90 Å². The molecule has 1 aromatic rings. The maximum Gasteiger partial charge on any atom is 0.273 e. The number of aliphatic hydroxyl groups is 1. The molecule has 1 saturated heterocycles. The van der Waals surface area contributed by atoms with Gasteiger partial charge in [-0.3, -0.25) is 4.79 Å². The Kier molecular flexibility index (Phi) is 3.96. The third kappa shape index (κ3) is 3.39. The minimum absolute atomic E-state index is 0.215. The minimum Gasteiger partial charge on any atom is -0.388 e. The Balaban J connectivity index is 2.00. The fraction of sp³-hybridized carbons (Fsp3) is 0.583. The molecular formula is C12H18N4O3. The zero-order chi connectivity index (χ0) is 13.9. The molecule has 1 aromatic heterocycles. The van der Waals surface area contributed by atoms with Gasteiger partial charge in [0.2, 0.25) is 0 Å². The molecule has 7 nitrogen and oxygen atoms in total. The lowest BCUT2D eigenvalue weighted by Crippen LogP contribution is -2.47. The minimum atomic E-state index is -0.885. The van der Waals surface area contributed by atoms with Crippen LogP contribution in [-0.2, 0) is 4.74 Å². The quantitative estimate of drug-likeness (QED) is 0.777. The van der Waals surface area contributed by atoms with Gasteiger partial charge in [0.25, 0.3) is 5.91 Å². The van der Waals surface area contributed by atoms with E-state index in [1.807, 2.05) is 0 Å². The van der Waals surface area contributed by atoms with Gasteiger partial charge in [-0.1, -0.05) is 0 Å². The second-order valence-electron chi connectivity index (χ2n) is 4.82. The Bertz CT molecular complexity index is 443. The van der Waals surface area contributed by atoms with Gasteiger partial charge in [-0.15, -0.1) is 0 Å². The molecule has 0 saturated carbocycles. The molecule has 1 aliphatic heterocycles. The maximum absolute atomic E-state index is 12.1. The zero-order valence-electron chi connectivity index (χ0n) is 10.9. The molecule has 0 radical (unpaired) electrons. The van der Waals surface area contributed by atoms with Crippen LogP contribution in [0, 0.1) is 0 Å². The van der Waals surface area contributed by atoms with Crippen molar-refractivity contribution >= 4 is 11.7 Å². The third-order valence-corrected chi connectivity index (χ3v) is 3.19. The van der Waals surface area contributed by atoms with Crippen LogP contribution >= 0.6 is 0 Å². The van der Waals surface area contributed by atoms with E-state index in [-0.39, 0.29) is 24.0 Å². The summed E-state index contributed by atoms with van der Waals surface area (Å²) in [5.41, 5.74) is 4.75. The van der Waals surface area contributed by atoms with Crippen molar-refractivity contribution in [2.24, 2.45) is 0 Å². The van der Waals surface area contributed by atoms with Crippen LogP contribution in [0.25, 0.3) is 0 Å². The summed E-state index contributed by atoms with van der Waals surface area (Å²) in [4.78, 5) is 21.3. The van der Waals surface area contributed by atoms with Gasteiger partial charge >= 0.3 is 0 Å². The van der Waals surface area contributed by atoms with Gasteiger partial charge in [0.1, 0.15) is 11.5 Å². The summed E-state index contributed by atoms with van der Waals surface area (Å²) in [5.74, 6) is -0.0188. The number of amides is 1. The van der Waals surface area contributed by atoms with Gasteiger partial charge in [0.15, 0.2) is 0 Å². The second kappa shape index (κ2) is 5.50. The second-order valence-corrected chi connectivity index (χ2v) is 4.82. The van der Waals surface area contributed by atoms with Crippen molar-refractivity contribution in [3.05, 3.63) is 18.1 Å². The van der Waals surface area contributed by atoms with Crippen LogP contribution in [0.3, 0.4) is 0 Å². The number of likely N-dealkylation sites (N-methyl/N-ethyl adjacent to an activating group) is 1. The molecule has 7 heteroatoms. The topological polar surface area (TPSA) is 102 Å². The van der Waals surface area contributed by atoms with Crippen LogP contribution in [0.5, 0.6) is 0 Å². The number of nitrogen functional groups attached to an aromatic ring is 1. The number of carbonyl (C=O) groups excluding carboxylic acids is 1. The highest BCUT2D eigenvalue weighted by Crippen LogP contribution is 2.21. The number of hydrogen-bond donors (Lipinski definition) is 2. The summed E-state index contributed by atoms with van der Waals surface area (Å²) < 4.78 is 5.21. The van der Waals surface area contributed by atoms with Crippen molar-refractivity contribution in [1.82, 2.24) is 14.9 Å². The number of rotatable bonds is 3. The number of aromatic nitrogens is 2. The summed E-state index contributed by atoms with van der Waals surface area (Å²) in [5, 5.41) is 10.4. The Hall–Kier alpha value is -1.73. The average molecular weight is 266 g/mol. The highest BCUT2D eigenvalue weighted by atomic mass is 16.5. The van der Waals surface area contributed by atoms with E-state index in [4.69, 9.17) is 10.5 Å². The van der Waals surface area contributed by atoms with Crippen LogP contribution < -0.4 is 5.73 Å². The molecule has 0 atom stereocenters. The molecule has 19 heavy (non-hydrogen) atoms. The van der Waals surface area contributed by atoms with E-state index in [0.29, 0.717) is 26.1 Å². The van der Waals surface area contributed by atoms with Crippen molar-refractivity contribution < 1.29 is 14.6 Å². The largest absolute Gasteiger partial charge is 0.388 e. The van der Waals surface area contributed by atoms with Crippen molar-refractivity contribution in [2.75, 3.05) is 32.5 Å². The van der Waals surface area contributed by atoms with Gasteiger partial charge in [-0.25, -0.2) is 9.97 Å². The van der Waals surface area contributed by atoms with Crippen LogP contribution in [-0.4, -0.2) is 58.3 Å². The first-order chi connectivity index (χ1) is 9.00. The van der Waals surface area contributed by atoms with Crippen LogP contribution in [0.15, 0.2) is 12.4 Å². The van der Waals surface area contributed by atoms with Crippen molar-refractivity contribution in [3.8, 4) is 0 Å². The molecule has 0 aliphatic carbocycles. The molecule has 0 unspecified atom stereocenters. The smallest absolute Gasteiger partial charge is 0.273 e. The molecule has 0 bridgehead atoms. The standard InChI is InChI=1S/C12H18N4O3/c1-16(8-12(18)2-4-19-5-3-12)11(17)9-6-15-10(13)7-14-9/h6-7,18H,2-5,8H2,1H3,(H2,13,15). The van der Waals surface area contributed by atoms with E-state index in [0.717, 1.165) is 0 Å². The maximum atomic E-state index is 12.1. The molecule has 1 amide bonds. The number of nitrogens with two attached hydrogens (primary N) is 1. The van der Waals surface area contributed by atoms with E-state index in [1.165, 1.54) is 17.3 Å². The highest BCUT2D eigenvalue weighted by molar-refractivity contribution is 5.91. The predicted octanol–water partition coefficient (Wildman–Crippen LogP) is -0.328. The average Bonchev–Trinajstić information content (AvgIpc) is 2.39. The first-order valence-corrected chi connectivity index (χ1v) is 6.13. The van der Waals surface area contributed by atoms with Gasteiger partial charge in [-0.05, 0) is 0 Å².